The Hall–Kier alpha value is -1.48. The fourth-order valence-electron chi connectivity index (χ4n) is 2.44. The first-order valence-corrected chi connectivity index (χ1v) is 7.07. The second-order valence-electron chi connectivity index (χ2n) is 4.66. The van der Waals surface area contributed by atoms with Crippen molar-refractivity contribution in [2.75, 3.05) is 0 Å². The Morgan fingerprint density at radius 1 is 1.00 bits per heavy atom. The highest BCUT2D eigenvalue weighted by atomic mass is 35.5. The third-order valence-electron chi connectivity index (χ3n) is 3.40. The van der Waals surface area contributed by atoms with Crippen LogP contribution in [0.4, 0.5) is 0 Å². The van der Waals surface area contributed by atoms with Crippen molar-refractivity contribution in [1.29, 1.82) is 0 Å². The minimum absolute atomic E-state index is 0.0997. The Morgan fingerprint density at radius 3 is 2.45 bits per heavy atom. The lowest BCUT2D eigenvalue weighted by molar-refractivity contribution is 0.283. The van der Waals surface area contributed by atoms with Crippen molar-refractivity contribution in [1.82, 2.24) is 4.57 Å². The van der Waals surface area contributed by atoms with E-state index in [0.29, 0.717) is 16.7 Å². The summed E-state index contributed by atoms with van der Waals surface area (Å²) in [4.78, 5) is 0. The zero-order valence-corrected chi connectivity index (χ0v) is 12.2. The van der Waals surface area contributed by atoms with Gasteiger partial charge in [0.25, 0.3) is 0 Å². The molecule has 0 radical (unpaired) electrons. The minimum atomic E-state index is -0.0997. The first-order valence-electron chi connectivity index (χ1n) is 6.31. The Balaban J connectivity index is 2.17. The van der Waals surface area contributed by atoms with E-state index in [1.807, 2.05) is 41.0 Å². The van der Waals surface area contributed by atoms with Crippen LogP contribution in [0.5, 0.6) is 0 Å². The van der Waals surface area contributed by atoms with E-state index < -0.39 is 0 Å². The van der Waals surface area contributed by atoms with Gasteiger partial charge in [-0.3, -0.25) is 0 Å². The number of halogens is 2. The molecule has 1 N–H and O–H groups in total. The number of fused-ring (bicyclic) bond motifs is 1. The highest BCUT2D eigenvalue weighted by Gasteiger charge is 2.15. The summed E-state index contributed by atoms with van der Waals surface area (Å²) >= 11 is 12.4. The number of rotatable bonds is 3. The molecular formula is C16H13Cl2NO. The van der Waals surface area contributed by atoms with Gasteiger partial charge in [-0.2, -0.15) is 0 Å². The number of nitrogens with zero attached hydrogens (tertiary/aromatic N) is 1. The van der Waals surface area contributed by atoms with Crippen LogP contribution in [-0.2, 0) is 13.2 Å². The number of aromatic nitrogens is 1. The molecule has 0 aliphatic rings. The predicted octanol–water partition coefficient (Wildman–Crippen LogP) is 4.49. The average Bonchev–Trinajstić information content (AvgIpc) is 2.71. The maximum Gasteiger partial charge on any atom is 0.115 e. The van der Waals surface area contributed by atoms with Gasteiger partial charge in [0.1, 0.15) is 5.15 Å². The number of aliphatic hydroxyl groups is 1. The summed E-state index contributed by atoms with van der Waals surface area (Å²) in [5, 5.41) is 11.7. The molecule has 3 rings (SSSR count). The molecule has 3 aromatic rings. The summed E-state index contributed by atoms with van der Waals surface area (Å²) in [5.74, 6) is 0. The van der Waals surface area contributed by atoms with Crippen molar-refractivity contribution in [3.05, 3.63) is 69.8 Å². The van der Waals surface area contributed by atoms with E-state index in [-0.39, 0.29) is 6.61 Å². The second-order valence-corrected chi connectivity index (χ2v) is 5.46. The van der Waals surface area contributed by atoms with E-state index in [4.69, 9.17) is 23.2 Å². The molecule has 0 amide bonds. The van der Waals surface area contributed by atoms with Crippen molar-refractivity contribution in [2.45, 2.75) is 13.2 Å². The van der Waals surface area contributed by atoms with Crippen molar-refractivity contribution < 1.29 is 5.11 Å². The van der Waals surface area contributed by atoms with Crippen LogP contribution in [0, 0.1) is 0 Å². The van der Waals surface area contributed by atoms with Gasteiger partial charge in [-0.1, -0.05) is 53.5 Å². The Labute approximate surface area is 127 Å². The first-order chi connectivity index (χ1) is 9.70. The molecule has 102 valence electrons. The molecule has 4 heteroatoms. The lowest BCUT2D eigenvalue weighted by atomic mass is 10.2. The zero-order chi connectivity index (χ0) is 14.1. The smallest absolute Gasteiger partial charge is 0.115 e. The molecule has 0 bridgehead atoms. The van der Waals surface area contributed by atoms with Gasteiger partial charge >= 0.3 is 0 Å². The zero-order valence-electron chi connectivity index (χ0n) is 10.7. The summed E-state index contributed by atoms with van der Waals surface area (Å²) in [6.07, 6.45) is 0. The topological polar surface area (TPSA) is 25.2 Å². The lowest BCUT2D eigenvalue weighted by Gasteiger charge is -2.07. The van der Waals surface area contributed by atoms with Crippen LogP contribution in [0.25, 0.3) is 10.9 Å². The average molecular weight is 306 g/mol. The second kappa shape index (κ2) is 5.49. The highest BCUT2D eigenvalue weighted by molar-refractivity contribution is 6.33. The summed E-state index contributed by atoms with van der Waals surface area (Å²) < 4.78 is 1.99. The first kappa shape index (κ1) is 13.5. The standard InChI is InChI=1S/C16H13Cl2NO/c17-12-6-7-15-13(8-12)14(10-20)16(18)19(15)9-11-4-2-1-3-5-11/h1-8,20H,9-10H2. The van der Waals surface area contributed by atoms with Gasteiger partial charge in [-0.15, -0.1) is 0 Å². The molecule has 1 heterocycles. The molecular weight excluding hydrogens is 293 g/mol. The Kier molecular flexibility index (Phi) is 3.70. The summed E-state index contributed by atoms with van der Waals surface area (Å²) in [6.45, 7) is 0.565. The molecule has 0 fully saturated rings. The van der Waals surface area contributed by atoms with E-state index in [1.165, 1.54) is 0 Å². The van der Waals surface area contributed by atoms with Gasteiger partial charge in [0, 0.05) is 28.0 Å². The van der Waals surface area contributed by atoms with Crippen molar-refractivity contribution >= 4 is 34.1 Å². The van der Waals surface area contributed by atoms with Gasteiger partial charge in [-0.05, 0) is 23.8 Å². The van der Waals surface area contributed by atoms with Gasteiger partial charge in [-0.25, -0.2) is 0 Å². The van der Waals surface area contributed by atoms with Crippen LogP contribution in [0.1, 0.15) is 11.1 Å². The Morgan fingerprint density at radius 2 is 1.75 bits per heavy atom. The quantitative estimate of drug-likeness (QED) is 0.758. The fourth-order valence-corrected chi connectivity index (χ4v) is 2.92. The van der Waals surface area contributed by atoms with Crippen LogP contribution in [-0.4, -0.2) is 9.67 Å². The largest absolute Gasteiger partial charge is 0.392 e. The van der Waals surface area contributed by atoms with Crippen LogP contribution in [0.15, 0.2) is 48.5 Å². The van der Waals surface area contributed by atoms with Crippen molar-refractivity contribution in [3.8, 4) is 0 Å². The highest BCUT2D eigenvalue weighted by Crippen LogP contribution is 2.32. The molecule has 2 aromatic carbocycles. The minimum Gasteiger partial charge on any atom is -0.392 e. The predicted molar refractivity (Wildman–Crippen MR) is 83.4 cm³/mol. The molecule has 0 saturated heterocycles. The van der Waals surface area contributed by atoms with Crippen molar-refractivity contribution in [2.24, 2.45) is 0 Å². The van der Waals surface area contributed by atoms with Crippen LogP contribution in [0.3, 0.4) is 0 Å². The van der Waals surface area contributed by atoms with Gasteiger partial charge in [0.05, 0.1) is 6.61 Å². The summed E-state index contributed by atoms with van der Waals surface area (Å²) in [6, 6.07) is 15.7. The van der Waals surface area contributed by atoms with E-state index in [2.05, 4.69) is 12.1 Å². The molecule has 0 aliphatic carbocycles. The van der Waals surface area contributed by atoms with E-state index in [0.717, 1.165) is 22.0 Å². The van der Waals surface area contributed by atoms with E-state index >= 15 is 0 Å². The molecule has 0 aliphatic heterocycles. The van der Waals surface area contributed by atoms with Gasteiger partial charge < -0.3 is 9.67 Å². The molecule has 0 spiro atoms. The van der Waals surface area contributed by atoms with Gasteiger partial charge in [0.2, 0.25) is 0 Å². The van der Waals surface area contributed by atoms with Crippen LogP contribution < -0.4 is 0 Å². The number of benzene rings is 2. The number of hydrogen-bond donors (Lipinski definition) is 1. The molecule has 20 heavy (non-hydrogen) atoms. The van der Waals surface area contributed by atoms with Crippen LogP contribution in [0.2, 0.25) is 10.2 Å². The normalized spacial score (nSPS) is 11.2. The van der Waals surface area contributed by atoms with E-state index in [1.54, 1.807) is 0 Å². The SMILES string of the molecule is OCc1c(Cl)n(Cc2ccccc2)c2ccc(Cl)cc12. The lowest BCUT2D eigenvalue weighted by Crippen LogP contribution is -1.99. The third-order valence-corrected chi connectivity index (χ3v) is 4.07. The summed E-state index contributed by atoms with van der Waals surface area (Å²) in [7, 11) is 0. The Bertz CT molecular complexity index is 750. The monoisotopic (exact) mass is 305 g/mol. The molecule has 0 saturated carbocycles. The van der Waals surface area contributed by atoms with Crippen LogP contribution >= 0.6 is 23.2 Å². The molecule has 2 nitrogen and oxygen atoms in total. The molecule has 1 aromatic heterocycles. The maximum absolute atomic E-state index is 9.55. The fraction of sp³-hybridized carbons (Fsp3) is 0.125. The molecule has 0 atom stereocenters. The maximum atomic E-state index is 9.55. The number of aliphatic hydroxyl groups excluding tert-OH is 1. The van der Waals surface area contributed by atoms with Crippen molar-refractivity contribution in [3.63, 3.8) is 0 Å². The van der Waals surface area contributed by atoms with Gasteiger partial charge in [0.15, 0.2) is 0 Å². The summed E-state index contributed by atoms with van der Waals surface area (Å²) in [5.41, 5.74) is 2.86. The third kappa shape index (κ3) is 2.31. The van der Waals surface area contributed by atoms with E-state index in [9.17, 15) is 5.11 Å². The molecule has 0 unspecified atom stereocenters. The number of hydrogen-bond acceptors (Lipinski definition) is 1.